The normalized spacial score (nSPS) is 11.1. The van der Waals surface area contributed by atoms with Gasteiger partial charge in [0.15, 0.2) is 0 Å². The Balaban J connectivity index is 1.30. The largest absolute Gasteiger partial charge is 0.322 e. The van der Waals surface area contributed by atoms with Crippen LogP contribution >= 0.6 is 15.9 Å². The smallest absolute Gasteiger partial charge is 0.271 e. The summed E-state index contributed by atoms with van der Waals surface area (Å²) in [4.78, 5) is 25.0. The van der Waals surface area contributed by atoms with Crippen LogP contribution in [-0.2, 0) is 0 Å². The van der Waals surface area contributed by atoms with Gasteiger partial charge in [0.25, 0.3) is 11.8 Å². The van der Waals surface area contributed by atoms with Crippen molar-refractivity contribution in [2.45, 2.75) is 0 Å². The molecular formula is C29H20BrN3O2. The van der Waals surface area contributed by atoms with Crippen molar-refractivity contribution in [3.8, 4) is 0 Å². The van der Waals surface area contributed by atoms with Gasteiger partial charge >= 0.3 is 0 Å². The summed E-state index contributed by atoms with van der Waals surface area (Å²) in [5.41, 5.74) is 5.14. The van der Waals surface area contributed by atoms with E-state index in [4.69, 9.17) is 0 Å². The van der Waals surface area contributed by atoms with Crippen molar-refractivity contribution in [1.82, 2.24) is 5.43 Å². The number of amides is 2. The van der Waals surface area contributed by atoms with Gasteiger partial charge in [-0.15, -0.1) is 0 Å². The lowest BCUT2D eigenvalue weighted by molar-refractivity contribution is 0.0954. The molecule has 2 N–H and O–H groups in total. The molecule has 5 nitrogen and oxygen atoms in total. The number of hydrazone groups is 1. The van der Waals surface area contributed by atoms with Crippen LogP contribution in [0.3, 0.4) is 0 Å². The number of hydrogen-bond acceptors (Lipinski definition) is 3. The fourth-order valence-electron chi connectivity index (χ4n) is 3.92. The average molecular weight is 522 g/mol. The highest BCUT2D eigenvalue weighted by Gasteiger charge is 2.09. The molecule has 0 aromatic heterocycles. The van der Waals surface area contributed by atoms with E-state index in [9.17, 15) is 9.59 Å². The molecule has 0 aliphatic rings. The highest BCUT2D eigenvalue weighted by atomic mass is 79.9. The third-order valence-electron chi connectivity index (χ3n) is 5.68. The van der Waals surface area contributed by atoms with Crippen LogP contribution in [0.5, 0.6) is 0 Å². The summed E-state index contributed by atoms with van der Waals surface area (Å²) in [5, 5.41) is 11.4. The second kappa shape index (κ2) is 9.91. The number of anilines is 1. The molecule has 6 heteroatoms. The van der Waals surface area contributed by atoms with Gasteiger partial charge in [-0.1, -0.05) is 64.5 Å². The molecule has 0 saturated carbocycles. The Hall–Kier alpha value is -4.29. The number of benzene rings is 5. The molecule has 0 radical (unpaired) electrons. The van der Waals surface area contributed by atoms with E-state index >= 15 is 0 Å². The van der Waals surface area contributed by atoms with Gasteiger partial charge in [-0.25, -0.2) is 5.43 Å². The predicted octanol–water partition coefficient (Wildman–Crippen LogP) is 6.77. The second-order valence-corrected chi connectivity index (χ2v) is 8.89. The van der Waals surface area contributed by atoms with E-state index in [2.05, 4.69) is 50.0 Å². The molecule has 2 amide bonds. The molecule has 5 rings (SSSR count). The fraction of sp³-hybridized carbons (Fsp3) is 0. The first-order chi connectivity index (χ1) is 17.1. The lowest BCUT2D eigenvalue weighted by Gasteiger charge is -2.08. The maximum absolute atomic E-state index is 12.6. The van der Waals surface area contributed by atoms with Gasteiger partial charge in [0, 0.05) is 26.9 Å². The molecule has 5 aromatic carbocycles. The van der Waals surface area contributed by atoms with Crippen molar-refractivity contribution < 1.29 is 9.59 Å². The predicted molar refractivity (Wildman–Crippen MR) is 145 cm³/mol. The molecule has 0 atom stereocenters. The lowest BCUT2D eigenvalue weighted by atomic mass is 9.97. The zero-order valence-electron chi connectivity index (χ0n) is 18.5. The first-order valence-corrected chi connectivity index (χ1v) is 11.8. The molecule has 0 fully saturated rings. The summed E-state index contributed by atoms with van der Waals surface area (Å²) in [7, 11) is 0. The third-order valence-corrected chi connectivity index (χ3v) is 6.21. The van der Waals surface area contributed by atoms with Crippen LogP contribution in [-0.4, -0.2) is 18.0 Å². The minimum absolute atomic E-state index is 0.221. The van der Waals surface area contributed by atoms with Crippen LogP contribution in [0.2, 0.25) is 0 Å². The summed E-state index contributed by atoms with van der Waals surface area (Å²) >= 11 is 3.36. The Bertz CT molecular complexity index is 1520. The minimum Gasteiger partial charge on any atom is -0.322 e. The van der Waals surface area contributed by atoms with Crippen molar-refractivity contribution in [2.24, 2.45) is 5.10 Å². The maximum Gasteiger partial charge on any atom is 0.271 e. The molecule has 0 bridgehead atoms. The van der Waals surface area contributed by atoms with E-state index in [1.54, 1.807) is 42.6 Å². The van der Waals surface area contributed by atoms with Crippen LogP contribution in [0.4, 0.5) is 5.69 Å². The molecule has 0 spiro atoms. The summed E-state index contributed by atoms with van der Waals surface area (Å²) in [6.07, 6.45) is 1.69. The van der Waals surface area contributed by atoms with Crippen molar-refractivity contribution in [3.63, 3.8) is 0 Å². The highest BCUT2D eigenvalue weighted by molar-refractivity contribution is 9.10. The molecule has 0 heterocycles. The summed E-state index contributed by atoms with van der Waals surface area (Å²) in [6.45, 7) is 0. The Kier molecular flexibility index (Phi) is 6.37. The van der Waals surface area contributed by atoms with Crippen LogP contribution in [0.25, 0.3) is 21.5 Å². The lowest BCUT2D eigenvalue weighted by Crippen LogP contribution is -2.18. The number of hydrogen-bond donors (Lipinski definition) is 2. The summed E-state index contributed by atoms with van der Waals surface area (Å²) < 4.78 is 0.903. The fourth-order valence-corrected chi connectivity index (χ4v) is 4.18. The zero-order chi connectivity index (χ0) is 24.2. The topological polar surface area (TPSA) is 70.6 Å². The Morgan fingerprint density at radius 2 is 1.23 bits per heavy atom. The number of rotatable bonds is 5. The van der Waals surface area contributed by atoms with E-state index in [0.717, 1.165) is 31.6 Å². The zero-order valence-corrected chi connectivity index (χ0v) is 20.1. The molecular weight excluding hydrogens is 502 g/mol. The summed E-state index contributed by atoms with van der Waals surface area (Å²) in [6, 6.07) is 32.1. The number of carbonyl (C=O) groups excluding carboxylic acids is 2. The van der Waals surface area contributed by atoms with Gasteiger partial charge in [-0.3, -0.25) is 9.59 Å². The third kappa shape index (κ3) is 4.98. The molecule has 170 valence electrons. The molecule has 35 heavy (non-hydrogen) atoms. The molecule has 0 aliphatic heterocycles. The molecule has 0 unspecified atom stereocenters. The van der Waals surface area contributed by atoms with Gasteiger partial charge in [-0.2, -0.15) is 5.10 Å². The van der Waals surface area contributed by atoms with Gasteiger partial charge in [-0.05, 0) is 76.1 Å². The van der Waals surface area contributed by atoms with Crippen LogP contribution < -0.4 is 10.7 Å². The van der Waals surface area contributed by atoms with Crippen LogP contribution in [0.1, 0.15) is 26.3 Å². The Labute approximate surface area is 210 Å². The number of nitrogens with one attached hydrogen (secondary N) is 2. The van der Waals surface area contributed by atoms with Crippen molar-refractivity contribution in [2.75, 3.05) is 5.32 Å². The highest BCUT2D eigenvalue weighted by Crippen LogP contribution is 2.27. The number of carbonyl (C=O) groups is 2. The van der Waals surface area contributed by atoms with E-state index in [0.29, 0.717) is 16.8 Å². The SMILES string of the molecule is O=C(N/N=C\c1c2ccccc2cc2ccccc12)c1ccc(NC(=O)c2ccc(Br)cc2)cc1. The number of halogens is 1. The number of nitrogens with zero attached hydrogens (tertiary/aromatic N) is 1. The maximum atomic E-state index is 12.6. The average Bonchev–Trinajstić information content (AvgIpc) is 2.89. The standard InChI is InChI=1S/C29H20BrN3O2/c30-23-13-9-19(10-14-23)28(34)32-24-15-11-20(12-16-24)29(35)33-31-18-27-25-7-3-1-5-21(25)17-22-6-2-4-8-26(22)27/h1-18H,(H,32,34)(H,33,35)/b31-18-. The van der Waals surface area contributed by atoms with Crippen LogP contribution in [0.15, 0.2) is 113 Å². The monoisotopic (exact) mass is 521 g/mol. The van der Waals surface area contributed by atoms with Crippen molar-refractivity contribution in [3.05, 3.63) is 124 Å². The van der Waals surface area contributed by atoms with E-state index in [1.807, 2.05) is 48.5 Å². The first-order valence-electron chi connectivity index (χ1n) is 11.0. The Morgan fingerprint density at radius 1 is 0.686 bits per heavy atom. The summed E-state index contributed by atoms with van der Waals surface area (Å²) in [5.74, 6) is -0.557. The molecule has 5 aromatic rings. The van der Waals surface area contributed by atoms with Gasteiger partial charge in [0.05, 0.1) is 6.21 Å². The van der Waals surface area contributed by atoms with E-state index in [-0.39, 0.29) is 11.8 Å². The van der Waals surface area contributed by atoms with E-state index in [1.165, 1.54) is 0 Å². The number of fused-ring (bicyclic) bond motifs is 2. The molecule has 0 aliphatic carbocycles. The van der Waals surface area contributed by atoms with Gasteiger partial charge < -0.3 is 5.32 Å². The van der Waals surface area contributed by atoms with Crippen molar-refractivity contribution in [1.29, 1.82) is 0 Å². The second-order valence-electron chi connectivity index (χ2n) is 7.97. The first kappa shape index (κ1) is 22.5. The van der Waals surface area contributed by atoms with Crippen molar-refractivity contribution >= 4 is 61.2 Å². The quantitative estimate of drug-likeness (QED) is 0.152. The van der Waals surface area contributed by atoms with Crippen LogP contribution in [0, 0.1) is 0 Å². The van der Waals surface area contributed by atoms with Gasteiger partial charge in [0.1, 0.15) is 0 Å². The minimum atomic E-state index is -0.337. The Morgan fingerprint density at radius 3 is 1.86 bits per heavy atom. The van der Waals surface area contributed by atoms with E-state index < -0.39 is 0 Å². The van der Waals surface area contributed by atoms with Gasteiger partial charge in [0.2, 0.25) is 0 Å². The molecule has 0 saturated heterocycles.